The maximum absolute atomic E-state index is 14.1. The van der Waals surface area contributed by atoms with E-state index < -0.39 is 6.10 Å². The third kappa shape index (κ3) is 3.10. The van der Waals surface area contributed by atoms with Crippen LogP contribution in [0.25, 0.3) is 0 Å². The Bertz CT molecular complexity index is 421. The van der Waals surface area contributed by atoms with Gasteiger partial charge in [-0.05, 0) is 33.8 Å². The van der Waals surface area contributed by atoms with E-state index in [1.165, 1.54) is 6.07 Å². The molecule has 0 amide bonds. The van der Waals surface area contributed by atoms with Crippen molar-refractivity contribution in [3.8, 4) is 0 Å². The van der Waals surface area contributed by atoms with Gasteiger partial charge in [-0.15, -0.1) is 6.58 Å². The number of nitrogens with zero attached hydrogens (tertiary/aromatic N) is 1. The number of benzene rings is 1. The molecule has 1 rings (SSSR count). The van der Waals surface area contributed by atoms with Crippen LogP contribution in [-0.4, -0.2) is 17.2 Å². The van der Waals surface area contributed by atoms with Crippen molar-refractivity contribution in [1.82, 2.24) is 0 Å². The van der Waals surface area contributed by atoms with Gasteiger partial charge in [0.15, 0.2) is 0 Å². The minimum absolute atomic E-state index is 0.250. The molecule has 3 heteroatoms. The van der Waals surface area contributed by atoms with Gasteiger partial charge in [-0.2, -0.15) is 0 Å². The molecule has 0 aromatic heterocycles. The lowest BCUT2D eigenvalue weighted by Crippen LogP contribution is -2.42. The topological polar surface area (TPSA) is 23.5 Å². The molecule has 0 bridgehead atoms. The Morgan fingerprint density at radius 3 is 2.50 bits per heavy atom. The van der Waals surface area contributed by atoms with Gasteiger partial charge in [-0.1, -0.05) is 18.2 Å². The van der Waals surface area contributed by atoms with Gasteiger partial charge in [0, 0.05) is 17.6 Å². The van der Waals surface area contributed by atoms with E-state index in [2.05, 4.69) is 6.58 Å². The van der Waals surface area contributed by atoms with Gasteiger partial charge < -0.3 is 10.0 Å². The zero-order valence-corrected chi connectivity index (χ0v) is 11.6. The van der Waals surface area contributed by atoms with Crippen LogP contribution in [0, 0.1) is 5.82 Å². The Labute approximate surface area is 109 Å². The lowest BCUT2D eigenvalue weighted by atomic mass is 10.00. The molecule has 0 aliphatic rings. The van der Waals surface area contributed by atoms with Gasteiger partial charge in [0.1, 0.15) is 5.82 Å². The summed E-state index contributed by atoms with van der Waals surface area (Å²) in [7, 11) is 0. The Morgan fingerprint density at radius 1 is 1.44 bits per heavy atom. The molecule has 0 aliphatic carbocycles. The predicted molar refractivity (Wildman–Crippen MR) is 74.3 cm³/mol. The third-order valence-corrected chi connectivity index (χ3v) is 2.86. The summed E-state index contributed by atoms with van der Waals surface area (Å²) in [6.45, 7) is 11.9. The number of anilines is 1. The van der Waals surface area contributed by atoms with Gasteiger partial charge in [0.25, 0.3) is 0 Å². The third-order valence-electron chi connectivity index (χ3n) is 2.86. The first-order chi connectivity index (χ1) is 8.29. The van der Waals surface area contributed by atoms with Crippen molar-refractivity contribution in [2.24, 2.45) is 0 Å². The number of hydrogen-bond donors (Lipinski definition) is 1. The highest BCUT2D eigenvalue weighted by atomic mass is 19.1. The lowest BCUT2D eigenvalue weighted by Gasteiger charge is -2.38. The van der Waals surface area contributed by atoms with Gasteiger partial charge in [0.2, 0.25) is 0 Å². The molecule has 1 N–H and O–H groups in total. The van der Waals surface area contributed by atoms with Crippen LogP contribution in [-0.2, 0) is 0 Å². The van der Waals surface area contributed by atoms with E-state index >= 15 is 0 Å². The summed E-state index contributed by atoms with van der Waals surface area (Å²) in [5.74, 6) is -0.315. The highest BCUT2D eigenvalue weighted by Crippen LogP contribution is 2.33. The summed E-state index contributed by atoms with van der Waals surface area (Å²) in [6, 6.07) is 4.80. The summed E-state index contributed by atoms with van der Waals surface area (Å²) in [5, 5.41) is 9.79. The monoisotopic (exact) mass is 251 g/mol. The zero-order chi connectivity index (χ0) is 13.9. The number of hydrogen-bond acceptors (Lipinski definition) is 2. The summed E-state index contributed by atoms with van der Waals surface area (Å²) in [4.78, 5) is 1.91. The fourth-order valence-electron chi connectivity index (χ4n) is 1.98. The molecule has 1 aromatic rings. The van der Waals surface area contributed by atoms with E-state index in [4.69, 9.17) is 0 Å². The van der Waals surface area contributed by atoms with Crippen molar-refractivity contribution in [3.05, 3.63) is 42.2 Å². The van der Waals surface area contributed by atoms with Crippen LogP contribution in [0.1, 0.15) is 39.4 Å². The van der Waals surface area contributed by atoms with E-state index in [1.54, 1.807) is 25.1 Å². The molecule has 0 aliphatic heterocycles. The Kier molecular flexibility index (Phi) is 4.52. The quantitative estimate of drug-likeness (QED) is 0.825. The molecule has 1 aromatic carbocycles. The Hall–Kier alpha value is -1.35. The fourth-order valence-corrected chi connectivity index (χ4v) is 1.98. The van der Waals surface area contributed by atoms with E-state index in [1.807, 2.05) is 25.7 Å². The van der Waals surface area contributed by atoms with Crippen LogP contribution < -0.4 is 4.90 Å². The highest BCUT2D eigenvalue weighted by Gasteiger charge is 2.26. The summed E-state index contributed by atoms with van der Waals surface area (Å²) < 4.78 is 14.1. The van der Waals surface area contributed by atoms with Crippen molar-refractivity contribution in [2.75, 3.05) is 11.4 Å². The van der Waals surface area contributed by atoms with E-state index in [0.717, 1.165) is 0 Å². The summed E-state index contributed by atoms with van der Waals surface area (Å²) in [5.41, 5.74) is 0.812. The Balaban J connectivity index is 3.39. The summed E-state index contributed by atoms with van der Waals surface area (Å²) >= 11 is 0. The molecule has 0 saturated carbocycles. The highest BCUT2D eigenvalue weighted by molar-refractivity contribution is 5.57. The molecule has 0 spiro atoms. The van der Waals surface area contributed by atoms with Crippen molar-refractivity contribution in [3.63, 3.8) is 0 Å². The van der Waals surface area contributed by atoms with Gasteiger partial charge in [-0.3, -0.25) is 0 Å². The van der Waals surface area contributed by atoms with E-state index in [-0.39, 0.29) is 11.4 Å². The lowest BCUT2D eigenvalue weighted by molar-refractivity contribution is 0.199. The van der Waals surface area contributed by atoms with Crippen molar-refractivity contribution in [1.29, 1.82) is 0 Å². The second-order valence-electron chi connectivity index (χ2n) is 5.42. The van der Waals surface area contributed by atoms with Gasteiger partial charge >= 0.3 is 0 Å². The van der Waals surface area contributed by atoms with Gasteiger partial charge in [-0.25, -0.2) is 4.39 Å². The van der Waals surface area contributed by atoms with Crippen molar-refractivity contribution in [2.45, 2.75) is 39.3 Å². The minimum atomic E-state index is -0.703. The van der Waals surface area contributed by atoms with Crippen LogP contribution in [0.15, 0.2) is 30.9 Å². The molecule has 1 unspecified atom stereocenters. The predicted octanol–water partition coefficient (Wildman–Crippen LogP) is 3.67. The van der Waals surface area contributed by atoms with Crippen molar-refractivity contribution >= 4 is 5.69 Å². The normalized spacial score (nSPS) is 13.2. The minimum Gasteiger partial charge on any atom is -0.389 e. The molecule has 18 heavy (non-hydrogen) atoms. The molecule has 0 saturated heterocycles. The smallest absolute Gasteiger partial charge is 0.146 e. The maximum Gasteiger partial charge on any atom is 0.146 e. The number of halogens is 1. The standard InChI is InChI=1S/C15H22FNO/c1-6-10-17(15(3,4)5)14-12(11(2)18)8-7-9-13(14)16/h6-9,11,18H,1,10H2,2-5H3. The largest absolute Gasteiger partial charge is 0.389 e. The maximum atomic E-state index is 14.1. The van der Waals surface area contributed by atoms with Crippen LogP contribution in [0.3, 0.4) is 0 Å². The first-order valence-electron chi connectivity index (χ1n) is 6.14. The molecule has 1 atom stereocenters. The first kappa shape index (κ1) is 14.7. The van der Waals surface area contributed by atoms with Crippen LogP contribution in [0.4, 0.5) is 10.1 Å². The average Bonchev–Trinajstić information content (AvgIpc) is 2.24. The second kappa shape index (κ2) is 5.53. The van der Waals surface area contributed by atoms with Crippen LogP contribution in [0.5, 0.6) is 0 Å². The molecule has 0 heterocycles. The molecule has 0 fully saturated rings. The molecular formula is C15H22FNO. The molecule has 100 valence electrons. The molecule has 0 radical (unpaired) electrons. The molecule has 2 nitrogen and oxygen atoms in total. The number of aliphatic hydroxyl groups excluding tert-OH is 1. The fraction of sp³-hybridized carbons (Fsp3) is 0.467. The van der Waals surface area contributed by atoms with Gasteiger partial charge in [0.05, 0.1) is 11.8 Å². The van der Waals surface area contributed by atoms with Crippen molar-refractivity contribution < 1.29 is 9.50 Å². The number of rotatable bonds is 4. The Morgan fingerprint density at radius 2 is 2.06 bits per heavy atom. The number of para-hydroxylation sites is 1. The first-order valence-corrected chi connectivity index (χ1v) is 6.14. The average molecular weight is 251 g/mol. The summed E-state index contributed by atoms with van der Waals surface area (Å²) in [6.07, 6.45) is 1.04. The second-order valence-corrected chi connectivity index (χ2v) is 5.42. The van der Waals surface area contributed by atoms with E-state index in [9.17, 15) is 9.50 Å². The zero-order valence-electron chi connectivity index (χ0n) is 11.6. The number of aliphatic hydroxyl groups is 1. The van der Waals surface area contributed by atoms with Crippen LogP contribution in [0.2, 0.25) is 0 Å². The molecular weight excluding hydrogens is 229 g/mol. The SMILES string of the molecule is C=CCN(c1c(F)cccc1C(C)O)C(C)(C)C. The van der Waals surface area contributed by atoms with E-state index in [0.29, 0.717) is 17.8 Å². The van der Waals surface area contributed by atoms with Crippen LogP contribution >= 0.6 is 0 Å².